The minimum Gasteiger partial charge on any atom is -0.464 e. The van der Waals surface area contributed by atoms with Gasteiger partial charge in [0.1, 0.15) is 6.04 Å². The summed E-state index contributed by atoms with van der Waals surface area (Å²) in [6, 6.07) is 3.43. The van der Waals surface area contributed by atoms with Gasteiger partial charge < -0.3 is 10.1 Å². The molecule has 1 aromatic rings. The third-order valence-electron chi connectivity index (χ3n) is 3.92. The Labute approximate surface area is 152 Å². The maximum atomic E-state index is 12.9. The van der Waals surface area contributed by atoms with Gasteiger partial charge in [0.2, 0.25) is 0 Å². The molecule has 0 bridgehead atoms. The number of nitrogens with one attached hydrogen (secondary N) is 1. The molecule has 146 valence electrons. The highest BCUT2D eigenvalue weighted by Gasteiger charge is 2.35. The van der Waals surface area contributed by atoms with Gasteiger partial charge in [-0.1, -0.05) is 51.2 Å². The second-order valence-corrected chi connectivity index (χ2v) is 6.17. The fraction of sp³-hybridized carbons (Fsp3) is 0.579. The summed E-state index contributed by atoms with van der Waals surface area (Å²) in [5.41, 5.74) is -1.55. The van der Waals surface area contributed by atoms with Crippen LogP contribution in [0.4, 0.5) is 13.2 Å². The molecule has 0 aliphatic heterocycles. The Balaban J connectivity index is 2.46. The Hall–Kier alpha value is -2.05. The van der Waals surface area contributed by atoms with Crippen LogP contribution in [0, 0.1) is 0 Å². The summed E-state index contributed by atoms with van der Waals surface area (Å²) in [5, 5.41) is 2.26. The van der Waals surface area contributed by atoms with Crippen molar-refractivity contribution in [3.05, 3.63) is 35.4 Å². The Morgan fingerprint density at radius 1 is 1.08 bits per heavy atom. The van der Waals surface area contributed by atoms with Gasteiger partial charge in [-0.25, -0.2) is 4.79 Å². The van der Waals surface area contributed by atoms with Crippen LogP contribution in [0.15, 0.2) is 24.3 Å². The van der Waals surface area contributed by atoms with E-state index in [9.17, 15) is 22.8 Å². The molecule has 0 unspecified atom stereocenters. The predicted molar refractivity (Wildman–Crippen MR) is 92.7 cm³/mol. The summed E-state index contributed by atoms with van der Waals surface area (Å²) in [4.78, 5) is 24.0. The molecule has 1 amide bonds. The maximum Gasteiger partial charge on any atom is 0.417 e. The van der Waals surface area contributed by atoms with Gasteiger partial charge >= 0.3 is 12.1 Å². The molecule has 0 radical (unpaired) electrons. The van der Waals surface area contributed by atoms with E-state index in [-0.39, 0.29) is 6.61 Å². The van der Waals surface area contributed by atoms with E-state index < -0.39 is 35.2 Å². The molecule has 26 heavy (non-hydrogen) atoms. The number of hydrogen-bond acceptors (Lipinski definition) is 3. The normalized spacial score (nSPS) is 12.5. The maximum absolute atomic E-state index is 12.9. The lowest BCUT2D eigenvalue weighted by Gasteiger charge is -2.16. The minimum absolute atomic E-state index is 0.240. The number of benzene rings is 1. The fourth-order valence-corrected chi connectivity index (χ4v) is 2.44. The highest BCUT2D eigenvalue weighted by Crippen LogP contribution is 2.31. The van der Waals surface area contributed by atoms with Gasteiger partial charge in [-0.15, -0.1) is 0 Å². The average Bonchev–Trinajstić information content (AvgIpc) is 2.59. The number of carbonyl (C=O) groups is 2. The molecule has 0 heterocycles. The lowest BCUT2D eigenvalue weighted by molar-refractivity contribution is -0.145. The Morgan fingerprint density at radius 2 is 1.69 bits per heavy atom. The summed E-state index contributed by atoms with van der Waals surface area (Å²) in [7, 11) is 0. The first-order valence-corrected chi connectivity index (χ1v) is 8.91. The van der Waals surface area contributed by atoms with E-state index in [0.29, 0.717) is 0 Å². The van der Waals surface area contributed by atoms with Gasteiger partial charge in [-0.2, -0.15) is 13.2 Å². The van der Waals surface area contributed by atoms with Crippen LogP contribution in [-0.2, 0) is 15.7 Å². The smallest absolute Gasteiger partial charge is 0.417 e. The zero-order chi connectivity index (χ0) is 19.6. The molecular weight excluding hydrogens is 347 g/mol. The van der Waals surface area contributed by atoms with E-state index in [1.54, 1.807) is 0 Å². The molecule has 7 heteroatoms. The zero-order valence-electron chi connectivity index (χ0n) is 15.2. The molecule has 1 rings (SSSR count). The number of alkyl halides is 3. The van der Waals surface area contributed by atoms with Crippen LogP contribution < -0.4 is 5.32 Å². The van der Waals surface area contributed by atoms with E-state index in [4.69, 9.17) is 4.74 Å². The van der Waals surface area contributed by atoms with Crippen molar-refractivity contribution in [2.45, 2.75) is 64.6 Å². The molecule has 0 aliphatic rings. The number of amides is 1. The van der Waals surface area contributed by atoms with Crippen LogP contribution in [-0.4, -0.2) is 24.5 Å². The average molecular weight is 373 g/mol. The molecule has 1 aromatic carbocycles. The Bertz CT molecular complexity index is 588. The molecule has 0 aromatic heterocycles. The first kappa shape index (κ1) is 22.0. The van der Waals surface area contributed by atoms with Gasteiger partial charge in [-0.05, 0) is 25.5 Å². The monoisotopic (exact) mass is 373 g/mol. The van der Waals surface area contributed by atoms with Crippen molar-refractivity contribution >= 4 is 11.9 Å². The summed E-state index contributed by atoms with van der Waals surface area (Å²) < 4.78 is 43.9. The zero-order valence-corrected chi connectivity index (χ0v) is 15.2. The second kappa shape index (κ2) is 10.8. The van der Waals surface area contributed by atoms with Crippen molar-refractivity contribution in [1.29, 1.82) is 0 Å². The van der Waals surface area contributed by atoms with Crippen molar-refractivity contribution in [3.63, 3.8) is 0 Å². The second-order valence-electron chi connectivity index (χ2n) is 6.17. The van der Waals surface area contributed by atoms with Crippen LogP contribution in [0.25, 0.3) is 0 Å². The van der Waals surface area contributed by atoms with E-state index >= 15 is 0 Å². The number of halogens is 3. The van der Waals surface area contributed by atoms with Crippen molar-refractivity contribution in [2.75, 3.05) is 6.61 Å². The standard InChI is InChI=1S/C19H26F3NO3/c1-3-4-5-6-7-10-13-26-18(25)14(2)23-17(24)15-11-8-9-12-16(15)19(20,21)22/h8-9,11-12,14H,3-7,10,13H2,1-2H3,(H,23,24)/t14-/m0/s1. The van der Waals surface area contributed by atoms with Gasteiger partial charge in [-0.3, -0.25) is 4.79 Å². The highest BCUT2D eigenvalue weighted by molar-refractivity contribution is 5.98. The van der Waals surface area contributed by atoms with Gasteiger partial charge in [0.25, 0.3) is 5.91 Å². The predicted octanol–water partition coefficient (Wildman–Crippen LogP) is 4.73. The first-order chi connectivity index (χ1) is 12.3. The molecule has 4 nitrogen and oxygen atoms in total. The highest BCUT2D eigenvalue weighted by atomic mass is 19.4. The Morgan fingerprint density at radius 3 is 2.35 bits per heavy atom. The SMILES string of the molecule is CCCCCCCCOC(=O)[C@H](C)NC(=O)c1ccccc1C(F)(F)F. The fourth-order valence-electron chi connectivity index (χ4n) is 2.44. The molecular formula is C19H26F3NO3. The van der Waals surface area contributed by atoms with Crippen molar-refractivity contribution in [2.24, 2.45) is 0 Å². The number of carbonyl (C=O) groups excluding carboxylic acids is 2. The summed E-state index contributed by atoms with van der Waals surface area (Å²) in [6.45, 7) is 3.76. The van der Waals surface area contributed by atoms with Crippen LogP contribution in [0.2, 0.25) is 0 Å². The lowest BCUT2D eigenvalue weighted by atomic mass is 10.1. The molecule has 0 saturated heterocycles. The third kappa shape index (κ3) is 7.45. The largest absolute Gasteiger partial charge is 0.464 e. The van der Waals surface area contributed by atoms with E-state index in [1.165, 1.54) is 25.5 Å². The summed E-state index contributed by atoms with van der Waals surface area (Å²) in [6.07, 6.45) is 1.60. The molecule has 1 atom stereocenters. The van der Waals surface area contributed by atoms with Crippen LogP contribution in [0.1, 0.15) is 68.3 Å². The number of hydrogen-bond donors (Lipinski definition) is 1. The van der Waals surface area contributed by atoms with E-state index in [2.05, 4.69) is 12.2 Å². The molecule has 0 saturated carbocycles. The molecule has 0 spiro atoms. The lowest BCUT2D eigenvalue weighted by Crippen LogP contribution is -2.40. The van der Waals surface area contributed by atoms with E-state index in [1.807, 2.05) is 0 Å². The Kier molecular flexibility index (Phi) is 9.16. The first-order valence-electron chi connectivity index (χ1n) is 8.91. The molecule has 0 aliphatic carbocycles. The van der Waals surface area contributed by atoms with Crippen molar-refractivity contribution in [1.82, 2.24) is 5.32 Å². The minimum atomic E-state index is -4.64. The van der Waals surface area contributed by atoms with Gasteiger partial charge in [0.15, 0.2) is 0 Å². The van der Waals surface area contributed by atoms with Crippen LogP contribution in [0.3, 0.4) is 0 Å². The van der Waals surface area contributed by atoms with Gasteiger partial charge in [0, 0.05) is 0 Å². The van der Waals surface area contributed by atoms with Crippen LogP contribution in [0.5, 0.6) is 0 Å². The molecule has 0 fully saturated rings. The number of unbranched alkanes of at least 4 members (excludes halogenated alkanes) is 5. The van der Waals surface area contributed by atoms with Crippen molar-refractivity contribution in [3.8, 4) is 0 Å². The number of ether oxygens (including phenoxy) is 1. The number of rotatable bonds is 10. The third-order valence-corrected chi connectivity index (χ3v) is 3.92. The van der Waals surface area contributed by atoms with Gasteiger partial charge in [0.05, 0.1) is 17.7 Å². The summed E-state index contributed by atoms with van der Waals surface area (Å²) in [5.74, 6) is -1.61. The van der Waals surface area contributed by atoms with Crippen molar-refractivity contribution < 1.29 is 27.5 Å². The van der Waals surface area contributed by atoms with Crippen LogP contribution >= 0.6 is 0 Å². The number of esters is 1. The topological polar surface area (TPSA) is 55.4 Å². The molecule has 1 N–H and O–H groups in total. The quantitative estimate of drug-likeness (QED) is 0.477. The summed E-state index contributed by atoms with van der Waals surface area (Å²) >= 11 is 0. The van der Waals surface area contributed by atoms with E-state index in [0.717, 1.165) is 44.2 Å².